The number of nitrogens with one attached hydrogen (secondary N) is 3. The Hall–Kier alpha value is -0.770. The molecular weight excluding hydrogens is 445 g/mol. The first kappa shape index (κ1) is 25.2. The lowest BCUT2D eigenvalue weighted by atomic mass is 10.1. The Morgan fingerprint density at radius 3 is 2.50 bits per heavy atom. The summed E-state index contributed by atoms with van der Waals surface area (Å²) >= 11 is 0. The summed E-state index contributed by atoms with van der Waals surface area (Å²) in [5, 5.41) is 9.25. The van der Waals surface area contributed by atoms with Crippen molar-refractivity contribution in [2.24, 2.45) is 10.9 Å². The Balaban J connectivity index is 0.00000625. The summed E-state index contributed by atoms with van der Waals surface area (Å²) < 4.78 is 5.21. The molecule has 1 heterocycles. The van der Waals surface area contributed by atoms with Gasteiger partial charge in [0.1, 0.15) is 5.60 Å². The van der Waals surface area contributed by atoms with Crippen LogP contribution in [0.2, 0.25) is 0 Å². The van der Waals surface area contributed by atoms with E-state index in [1.807, 2.05) is 20.8 Å². The SMILES string of the molecule is CCCN1CCC(CN=C(NCC)NCCNC(=O)OC(C)(C)C)C1.I. The van der Waals surface area contributed by atoms with Crippen molar-refractivity contribution in [3.8, 4) is 0 Å². The van der Waals surface area contributed by atoms with E-state index in [0.717, 1.165) is 25.6 Å². The van der Waals surface area contributed by atoms with Crippen LogP contribution in [0.5, 0.6) is 0 Å². The Labute approximate surface area is 176 Å². The minimum absolute atomic E-state index is 0. The van der Waals surface area contributed by atoms with Gasteiger partial charge >= 0.3 is 6.09 Å². The number of guanidine groups is 1. The van der Waals surface area contributed by atoms with Gasteiger partial charge < -0.3 is 25.6 Å². The van der Waals surface area contributed by atoms with Crippen LogP contribution in [0.4, 0.5) is 4.79 Å². The molecule has 0 aromatic rings. The van der Waals surface area contributed by atoms with Crippen LogP contribution in [-0.2, 0) is 4.74 Å². The van der Waals surface area contributed by atoms with E-state index in [1.54, 1.807) is 0 Å². The number of hydrogen-bond acceptors (Lipinski definition) is 4. The van der Waals surface area contributed by atoms with Crippen LogP contribution < -0.4 is 16.0 Å². The molecule has 154 valence electrons. The van der Waals surface area contributed by atoms with Gasteiger partial charge in [-0.05, 0) is 59.5 Å². The van der Waals surface area contributed by atoms with Gasteiger partial charge in [-0.2, -0.15) is 0 Å². The quantitative estimate of drug-likeness (QED) is 0.214. The van der Waals surface area contributed by atoms with Crippen LogP contribution >= 0.6 is 24.0 Å². The van der Waals surface area contributed by atoms with Crippen molar-refractivity contribution in [2.75, 3.05) is 45.8 Å². The molecule has 7 nitrogen and oxygen atoms in total. The molecule has 0 aromatic heterocycles. The predicted molar refractivity (Wildman–Crippen MR) is 118 cm³/mol. The lowest BCUT2D eigenvalue weighted by Crippen LogP contribution is -2.42. The maximum atomic E-state index is 11.6. The zero-order chi connectivity index (χ0) is 18.7. The molecule has 26 heavy (non-hydrogen) atoms. The van der Waals surface area contributed by atoms with E-state index >= 15 is 0 Å². The second kappa shape index (κ2) is 13.4. The van der Waals surface area contributed by atoms with E-state index in [-0.39, 0.29) is 24.0 Å². The minimum Gasteiger partial charge on any atom is -0.444 e. The highest BCUT2D eigenvalue weighted by molar-refractivity contribution is 14.0. The largest absolute Gasteiger partial charge is 0.444 e. The van der Waals surface area contributed by atoms with Gasteiger partial charge in [0, 0.05) is 32.7 Å². The summed E-state index contributed by atoms with van der Waals surface area (Å²) in [6.45, 7) is 16.1. The van der Waals surface area contributed by atoms with E-state index in [9.17, 15) is 4.79 Å². The van der Waals surface area contributed by atoms with Gasteiger partial charge in [0.15, 0.2) is 5.96 Å². The highest BCUT2D eigenvalue weighted by Gasteiger charge is 2.21. The van der Waals surface area contributed by atoms with E-state index in [4.69, 9.17) is 4.74 Å². The van der Waals surface area contributed by atoms with Crippen LogP contribution in [0.15, 0.2) is 4.99 Å². The molecule has 1 saturated heterocycles. The van der Waals surface area contributed by atoms with E-state index in [1.165, 1.54) is 25.9 Å². The summed E-state index contributed by atoms with van der Waals surface area (Å²) in [6.07, 6.45) is 2.05. The molecule has 1 atom stereocenters. The Kier molecular flexibility index (Phi) is 13.0. The number of likely N-dealkylation sites (tertiary alicyclic amines) is 1. The average Bonchev–Trinajstić information content (AvgIpc) is 2.95. The number of aliphatic imine (C=N–C) groups is 1. The standard InChI is InChI=1S/C18H37N5O2.HI/c1-6-11-23-12-8-15(14-23)13-22-16(19-7-2)20-9-10-21-17(24)25-18(3,4)5;/h15H,6-14H2,1-5H3,(H,21,24)(H2,19,20,22);1H. The van der Waals surface area contributed by atoms with Crippen molar-refractivity contribution < 1.29 is 9.53 Å². The molecule has 0 aliphatic carbocycles. The molecule has 0 aromatic carbocycles. The predicted octanol–water partition coefficient (Wildman–Crippen LogP) is 2.42. The Morgan fingerprint density at radius 1 is 1.19 bits per heavy atom. The third-order valence-electron chi connectivity index (χ3n) is 3.85. The van der Waals surface area contributed by atoms with Gasteiger partial charge in [0.25, 0.3) is 0 Å². The second-order valence-electron chi connectivity index (χ2n) is 7.53. The number of alkyl carbamates (subject to hydrolysis) is 1. The third kappa shape index (κ3) is 11.8. The molecule has 0 bridgehead atoms. The molecule has 0 radical (unpaired) electrons. The van der Waals surface area contributed by atoms with Crippen LogP contribution in [0.25, 0.3) is 0 Å². The Bertz CT molecular complexity index is 426. The van der Waals surface area contributed by atoms with Crippen molar-refractivity contribution in [3.63, 3.8) is 0 Å². The van der Waals surface area contributed by atoms with Crippen molar-refractivity contribution in [3.05, 3.63) is 0 Å². The molecule has 1 amide bonds. The maximum Gasteiger partial charge on any atom is 0.407 e. The normalized spacial score (nSPS) is 18.2. The van der Waals surface area contributed by atoms with Gasteiger partial charge in [-0.15, -0.1) is 24.0 Å². The molecule has 1 fully saturated rings. The van der Waals surface area contributed by atoms with Crippen molar-refractivity contribution in [1.29, 1.82) is 0 Å². The first-order valence-electron chi connectivity index (χ1n) is 9.55. The molecule has 1 unspecified atom stereocenters. The molecule has 0 saturated carbocycles. The fraction of sp³-hybridized carbons (Fsp3) is 0.889. The number of carbonyl (C=O) groups excluding carboxylic acids is 1. The topological polar surface area (TPSA) is 78.0 Å². The van der Waals surface area contributed by atoms with Crippen LogP contribution in [0.1, 0.15) is 47.5 Å². The molecular formula is C18H38IN5O2. The number of amides is 1. The van der Waals surface area contributed by atoms with Gasteiger partial charge in [-0.1, -0.05) is 6.92 Å². The highest BCUT2D eigenvalue weighted by atomic mass is 127. The second-order valence-corrected chi connectivity index (χ2v) is 7.53. The van der Waals surface area contributed by atoms with Crippen molar-refractivity contribution in [1.82, 2.24) is 20.9 Å². The van der Waals surface area contributed by atoms with Crippen LogP contribution in [-0.4, -0.2) is 68.4 Å². The fourth-order valence-electron chi connectivity index (χ4n) is 2.80. The zero-order valence-electron chi connectivity index (χ0n) is 17.1. The summed E-state index contributed by atoms with van der Waals surface area (Å²) in [6, 6.07) is 0. The number of nitrogens with zero attached hydrogens (tertiary/aromatic N) is 2. The van der Waals surface area contributed by atoms with E-state index in [2.05, 4.69) is 39.7 Å². The molecule has 1 aliphatic rings. The van der Waals surface area contributed by atoms with Crippen molar-refractivity contribution in [2.45, 2.75) is 53.1 Å². The maximum absolute atomic E-state index is 11.6. The van der Waals surface area contributed by atoms with Gasteiger partial charge in [0.05, 0.1) is 0 Å². The smallest absolute Gasteiger partial charge is 0.407 e. The van der Waals surface area contributed by atoms with E-state index in [0.29, 0.717) is 19.0 Å². The van der Waals surface area contributed by atoms with Crippen LogP contribution in [0, 0.1) is 5.92 Å². The summed E-state index contributed by atoms with van der Waals surface area (Å²) in [5.74, 6) is 1.45. The number of ether oxygens (including phenoxy) is 1. The molecule has 3 N–H and O–H groups in total. The summed E-state index contributed by atoms with van der Waals surface area (Å²) in [7, 11) is 0. The molecule has 1 aliphatic heterocycles. The first-order valence-corrected chi connectivity index (χ1v) is 9.55. The van der Waals surface area contributed by atoms with Gasteiger partial charge in [0.2, 0.25) is 0 Å². The van der Waals surface area contributed by atoms with Gasteiger partial charge in [-0.3, -0.25) is 4.99 Å². The summed E-state index contributed by atoms with van der Waals surface area (Å²) in [5.41, 5.74) is -0.471. The molecule has 8 heteroatoms. The first-order chi connectivity index (χ1) is 11.8. The monoisotopic (exact) mass is 483 g/mol. The zero-order valence-corrected chi connectivity index (χ0v) is 19.4. The highest BCUT2D eigenvalue weighted by Crippen LogP contribution is 2.16. The van der Waals surface area contributed by atoms with Gasteiger partial charge in [-0.25, -0.2) is 4.79 Å². The fourth-order valence-corrected chi connectivity index (χ4v) is 2.80. The number of carbonyl (C=O) groups is 1. The third-order valence-corrected chi connectivity index (χ3v) is 3.85. The summed E-state index contributed by atoms with van der Waals surface area (Å²) in [4.78, 5) is 18.8. The average molecular weight is 483 g/mol. The van der Waals surface area contributed by atoms with Crippen LogP contribution in [0.3, 0.4) is 0 Å². The number of halogens is 1. The number of rotatable bonds is 8. The minimum atomic E-state index is -0.471. The Morgan fingerprint density at radius 2 is 1.88 bits per heavy atom. The molecule has 0 spiro atoms. The van der Waals surface area contributed by atoms with E-state index < -0.39 is 11.7 Å². The van der Waals surface area contributed by atoms with Crippen molar-refractivity contribution >= 4 is 36.0 Å². The lowest BCUT2D eigenvalue weighted by molar-refractivity contribution is 0.0529. The number of hydrogen-bond donors (Lipinski definition) is 3. The molecule has 1 rings (SSSR count). The lowest BCUT2D eigenvalue weighted by Gasteiger charge is -2.20.